The van der Waals surface area contributed by atoms with Crippen LogP contribution in [0.15, 0.2) is 18.2 Å². The van der Waals surface area contributed by atoms with E-state index in [0.29, 0.717) is 6.07 Å². The summed E-state index contributed by atoms with van der Waals surface area (Å²) in [6.45, 7) is 0. The molecule has 6 heteroatoms. The van der Waals surface area contributed by atoms with E-state index in [9.17, 15) is 17.6 Å². The summed E-state index contributed by atoms with van der Waals surface area (Å²) in [4.78, 5) is 0. The second kappa shape index (κ2) is 4.24. The highest BCUT2D eigenvalue weighted by Gasteiger charge is 2.31. The Balaban J connectivity index is 3.14. The van der Waals surface area contributed by atoms with Gasteiger partial charge in [-0.3, -0.25) is 0 Å². The van der Waals surface area contributed by atoms with Crippen molar-refractivity contribution in [3.63, 3.8) is 0 Å². The van der Waals surface area contributed by atoms with E-state index in [1.165, 1.54) is 0 Å². The first-order valence-electron chi connectivity index (χ1n) is 3.94. The molecule has 1 atom stereocenters. The van der Waals surface area contributed by atoms with Crippen molar-refractivity contribution in [1.82, 2.24) is 0 Å². The Morgan fingerprint density at radius 1 is 1.33 bits per heavy atom. The van der Waals surface area contributed by atoms with Crippen LogP contribution >= 0.6 is 12.2 Å². The van der Waals surface area contributed by atoms with Gasteiger partial charge in [0.1, 0.15) is 5.82 Å². The zero-order chi connectivity index (χ0) is 11.6. The van der Waals surface area contributed by atoms with Crippen molar-refractivity contribution in [3.8, 4) is 0 Å². The Hall–Kier alpha value is -1.01. The number of alkyl halides is 3. The maximum absolute atomic E-state index is 13.2. The molecule has 0 spiro atoms. The molecule has 1 nitrogen and oxygen atoms in total. The summed E-state index contributed by atoms with van der Waals surface area (Å²) in [5, 5.41) is 1.09. The van der Waals surface area contributed by atoms with E-state index in [0.717, 1.165) is 17.5 Å². The molecule has 0 saturated heterocycles. The molecule has 15 heavy (non-hydrogen) atoms. The summed E-state index contributed by atoms with van der Waals surface area (Å²) in [6.07, 6.45) is -4.55. The number of hydrogen-bond donors (Lipinski definition) is 1. The monoisotopic (exact) mass is 237 g/mol. The largest absolute Gasteiger partial charge is 0.416 e. The number of rotatable bonds is 2. The van der Waals surface area contributed by atoms with Gasteiger partial charge in [0.05, 0.1) is 11.6 Å². The third-order valence-corrected chi connectivity index (χ3v) is 2.13. The topological polar surface area (TPSA) is 26.0 Å². The normalized spacial score (nSPS) is 13.7. The lowest BCUT2D eigenvalue weighted by atomic mass is 10.1. The Morgan fingerprint density at radius 2 is 1.93 bits per heavy atom. The maximum Gasteiger partial charge on any atom is 0.416 e. The van der Waals surface area contributed by atoms with Crippen LogP contribution in [0.4, 0.5) is 17.6 Å². The van der Waals surface area contributed by atoms with Gasteiger partial charge in [0, 0.05) is 10.9 Å². The molecule has 82 valence electrons. The lowest BCUT2D eigenvalue weighted by Gasteiger charge is -2.11. The molecular weight excluding hydrogens is 230 g/mol. The van der Waals surface area contributed by atoms with Gasteiger partial charge in [-0.05, 0) is 12.1 Å². The van der Waals surface area contributed by atoms with Crippen LogP contribution in [-0.2, 0) is 6.18 Å². The van der Waals surface area contributed by atoms with Crippen molar-refractivity contribution < 1.29 is 17.6 Å². The molecule has 1 aromatic carbocycles. The van der Waals surface area contributed by atoms with E-state index >= 15 is 0 Å². The first-order chi connectivity index (χ1) is 6.86. The second-order valence-corrected chi connectivity index (χ2v) is 3.17. The molecule has 1 unspecified atom stereocenters. The number of hydrogen-bond acceptors (Lipinski definition) is 2. The number of thiocarbonyl (C=S) groups is 1. The van der Waals surface area contributed by atoms with E-state index in [1.54, 1.807) is 0 Å². The molecule has 0 aliphatic carbocycles. The summed E-state index contributed by atoms with van der Waals surface area (Å²) in [7, 11) is 0. The minimum atomic E-state index is -4.55. The highest BCUT2D eigenvalue weighted by atomic mass is 32.1. The zero-order valence-corrected chi connectivity index (χ0v) is 8.20. The summed E-state index contributed by atoms with van der Waals surface area (Å²) in [5.74, 6) is -1.00. The Labute approximate surface area is 88.9 Å². The van der Waals surface area contributed by atoms with Crippen molar-refractivity contribution >= 4 is 17.6 Å². The summed E-state index contributed by atoms with van der Waals surface area (Å²) in [5.41, 5.74) is 4.29. The predicted molar refractivity (Wildman–Crippen MR) is 52.0 cm³/mol. The van der Waals surface area contributed by atoms with Crippen LogP contribution in [0.3, 0.4) is 0 Å². The average molecular weight is 237 g/mol. The SMILES string of the molecule is NC(C=S)c1ccc(C(F)(F)F)cc1F. The molecule has 1 aromatic rings. The summed E-state index contributed by atoms with van der Waals surface area (Å²) >= 11 is 4.48. The number of benzene rings is 1. The number of halogens is 4. The first-order valence-corrected chi connectivity index (χ1v) is 4.41. The zero-order valence-electron chi connectivity index (χ0n) is 7.38. The Bertz CT molecular complexity index is 375. The molecule has 0 aliphatic rings. The molecule has 0 heterocycles. The smallest absolute Gasteiger partial charge is 0.320 e. The fourth-order valence-electron chi connectivity index (χ4n) is 1.05. The molecule has 0 bridgehead atoms. The molecule has 0 amide bonds. The molecule has 0 aliphatic heterocycles. The van der Waals surface area contributed by atoms with Crippen LogP contribution in [-0.4, -0.2) is 5.37 Å². The molecule has 1 rings (SSSR count). The van der Waals surface area contributed by atoms with E-state index in [-0.39, 0.29) is 5.56 Å². The Morgan fingerprint density at radius 3 is 2.33 bits per heavy atom. The fraction of sp³-hybridized carbons (Fsp3) is 0.222. The average Bonchev–Trinajstić information content (AvgIpc) is 2.15. The van der Waals surface area contributed by atoms with Gasteiger partial charge >= 0.3 is 6.18 Å². The van der Waals surface area contributed by atoms with E-state index in [4.69, 9.17) is 5.73 Å². The standard InChI is InChI=1S/C9H7F4NS/c10-7-3-5(9(11,12)13)1-2-6(7)8(14)4-15/h1-4,8H,14H2. The highest BCUT2D eigenvalue weighted by molar-refractivity contribution is 7.79. The van der Waals surface area contributed by atoms with E-state index in [2.05, 4.69) is 12.2 Å². The molecule has 0 aromatic heterocycles. The third-order valence-electron chi connectivity index (χ3n) is 1.83. The second-order valence-electron chi connectivity index (χ2n) is 2.90. The van der Waals surface area contributed by atoms with Gasteiger partial charge in [-0.25, -0.2) is 4.39 Å². The van der Waals surface area contributed by atoms with Crippen molar-refractivity contribution in [2.45, 2.75) is 12.2 Å². The van der Waals surface area contributed by atoms with Crippen molar-refractivity contribution in [2.24, 2.45) is 5.73 Å². The van der Waals surface area contributed by atoms with Gasteiger partial charge in [-0.2, -0.15) is 13.2 Å². The highest BCUT2D eigenvalue weighted by Crippen LogP contribution is 2.30. The quantitative estimate of drug-likeness (QED) is 0.632. The summed E-state index contributed by atoms with van der Waals surface area (Å²) in [6, 6.07) is 1.30. The van der Waals surface area contributed by atoms with Crippen LogP contribution in [0.5, 0.6) is 0 Å². The van der Waals surface area contributed by atoms with Gasteiger partial charge in [0.15, 0.2) is 0 Å². The first kappa shape index (κ1) is 12.1. The predicted octanol–water partition coefficient (Wildman–Crippen LogP) is 2.84. The van der Waals surface area contributed by atoms with Crippen molar-refractivity contribution in [2.75, 3.05) is 0 Å². The fourth-order valence-corrected chi connectivity index (χ4v) is 1.19. The molecule has 0 fully saturated rings. The lowest BCUT2D eigenvalue weighted by Crippen LogP contribution is -2.14. The van der Waals surface area contributed by atoms with Gasteiger partial charge < -0.3 is 5.73 Å². The minimum Gasteiger partial charge on any atom is -0.320 e. The molecule has 0 saturated carbocycles. The molecular formula is C9H7F4NS. The number of nitrogens with two attached hydrogens (primary N) is 1. The van der Waals surface area contributed by atoms with Crippen LogP contribution < -0.4 is 5.73 Å². The van der Waals surface area contributed by atoms with Gasteiger partial charge in [0.2, 0.25) is 0 Å². The van der Waals surface area contributed by atoms with Gasteiger partial charge in [-0.15, -0.1) is 0 Å². The van der Waals surface area contributed by atoms with Crippen LogP contribution in [0.1, 0.15) is 17.2 Å². The van der Waals surface area contributed by atoms with Crippen LogP contribution in [0.2, 0.25) is 0 Å². The van der Waals surface area contributed by atoms with Crippen LogP contribution in [0, 0.1) is 5.82 Å². The van der Waals surface area contributed by atoms with E-state index in [1.807, 2.05) is 0 Å². The van der Waals surface area contributed by atoms with Crippen molar-refractivity contribution in [3.05, 3.63) is 35.1 Å². The third kappa shape index (κ3) is 2.73. The Kier molecular flexibility index (Phi) is 3.41. The molecule has 0 radical (unpaired) electrons. The van der Waals surface area contributed by atoms with Gasteiger partial charge in [-0.1, -0.05) is 18.3 Å². The maximum atomic E-state index is 13.2. The van der Waals surface area contributed by atoms with Gasteiger partial charge in [0.25, 0.3) is 0 Å². The minimum absolute atomic E-state index is 0.0435. The van der Waals surface area contributed by atoms with E-state index < -0.39 is 23.6 Å². The van der Waals surface area contributed by atoms with Crippen LogP contribution in [0.25, 0.3) is 0 Å². The summed E-state index contributed by atoms with van der Waals surface area (Å²) < 4.78 is 49.6. The lowest BCUT2D eigenvalue weighted by molar-refractivity contribution is -0.137. The van der Waals surface area contributed by atoms with Crippen molar-refractivity contribution in [1.29, 1.82) is 0 Å². The molecule has 2 N–H and O–H groups in total.